The van der Waals surface area contributed by atoms with Crippen LogP contribution in [0.2, 0.25) is 0 Å². The lowest BCUT2D eigenvalue weighted by Crippen LogP contribution is -2.29. The van der Waals surface area contributed by atoms with E-state index in [9.17, 15) is 0 Å². The third kappa shape index (κ3) is 4.12. The first-order valence-electron chi connectivity index (χ1n) is 11.9. The van der Waals surface area contributed by atoms with Crippen molar-refractivity contribution in [1.82, 2.24) is 14.9 Å². The van der Waals surface area contributed by atoms with Crippen LogP contribution in [-0.2, 0) is 0 Å². The fourth-order valence-corrected chi connectivity index (χ4v) is 6.32. The summed E-state index contributed by atoms with van der Waals surface area (Å²) in [5.74, 6) is 0. The Morgan fingerprint density at radius 1 is 1.03 bits per heavy atom. The van der Waals surface area contributed by atoms with Crippen LogP contribution in [0.5, 0.6) is 0 Å². The predicted molar refractivity (Wildman–Crippen MR) is 143 cm³/mol. The summed E-state index contributed by atoms with van der Waals surface area (Å²) in [5, 5.41) is 4.36. The summed E-state index contributed by atoms with van der Waals surface area (Å²) in [4.78, 5) is 7.01. The van der Waals surface area contributed by atoms with E-state index in [0.717, 1.165) is 21.0 Å². The van der Waals surface area contributed by atoms with E-state index in [1.54, 1.807) is 0 Å². The number of hydrogen-bond acceptors (Lipinski definition) is 2. The monoisotopic (exact) mass is 522 g/mol. The van der Waals surface area contributed by atoms with Crippen molar-refractivity contribution < 1.29 is 0 Å². The maximum Gasteiger partial charge on any atom is 0.174 e. The van der Waals surface area contributed by atoms with Crippen molar-refractivity contribution in [2.75, 3.05) is 4.90 Å². The second-order valence-electron chi connectivity index (χ2n) is 9.42. The van der Waals surface area contributed by atoms with Crippen LogP contribution in [0, 0.1) is 20.8 Å². The number of pyridine rings is 1. The summed E-state index contributed by atoms with van der Waals surface area (Å²) in [5.41, 5.74) is 7.36. The number of aromatic nitrogens is 2. The Bertz CT molecular complexity index is 1170. The molecule has 5 rings (SSSR count). The molecule has 1 N–H and O–H groups in total. The average Bonchev–Trinajstić information content (AvgIpc) is 3.32. The molecule has 3 aromatic rings. The number of thiocarbonyl (C=S) groups is 1. The Labute approximate surface area is 210 Å². The molecule has 0 radical (unpaired) electrons. The Balaban J connectivity index is 1.64. The van der Waals surface area contributed by atoms with Gasteiger partial charge in [0.2, 0.25) is 0 Å². The molecule has 0 unspecified atom stereocenters. The van der Waals surface area contributed by atoms with Crippen LogP contribution < -0.4 is 10.2 Å². The first-order chi connectivity index (χ1) is 16.0. The van der Waals surface area contributed by atoms with Gasteiger partial charge >= 0.3 is 0 Å². The Kier molecular flexibility index (Phi) is 6.32. The lowest BCUT2D eigenvalue weighted by Gasteiger charge is -2.30. The molecule has 2 aliphatic rings. The fraction of sp³-hybridized carbons (Fsp3) is 0.407. The molecule has 2 atom stereocenters. The summed E-state index contributed by atoms with van der Waals surface area (Å²) in [7, 11) is 0. The van der Waals surface area contributed by atoms with Crippen molar-refractivity contribution >= 4 is 38.9 Å². The third-order valence-electron chi connectivity index (χ3n) is 7.30. The first-order valence-corrected chi connectivity index (χ1v) is 13.1. The molecule has 0 spiro atoms. The number of benzene rings is 1. The minimum Gasteiger partial charge on any atom is -0.351 e. The van der Waals surface area contributed by atoms with Crippen LogP contribution in [-0.4, -0.2) is 14.7 Å². The van der Waals surface area contributed by atoms with Gasteiger partial charge in [0.05, 0.1) is 17.8 Å². The fourth-order valence-electron chi connectivity index (χ4n) is 5.73. The van der Waals surface area contributed by atoms with Crippen molar-refractivity contribution in [3.05, 3.63) is 81.3 Å². The largest absolute Gasteiger partial charge is 0.351 e. The van der Waals surface area contributed by atoms with E-state index in [-0.39, 0.29) is 12.1 Å². The summed E-state index contributed by atoms with van der Waals surface area (Å²) < 4.78 is 3.70. The zero-order valence-electron chi connectivity index (χ0n) is 19.5. The van der Waals surface area contributed by atoms with Gasteiger partial charge in [-0.2, -0.15) is 0 Å². The maximum atomic E-state index is 5.93. The molecule has 2 fully saturated rings. The van der Waals surface area contributed by atoms with Gasteiger partial charge in [-0.25, -0.2) is 0 Å². The van der Waals surface area contributed by atoms with E-state index in [1.807, 2.05) is 12.3 Å². The SMILES string of the molecule is Cc1cc(N2C(=S)N[C@H](c3ccccn3)[C@H]2c2cc(C)n(C3CCCCC3)c2C)ccc1Br. The Morgan fingerprint density at radius 3 is 2.52 bits per heavy atom. The van der Waals surface area contributed by atoms with Crippen LogP contribution in [0.25, 0.3) is 0 Å². The summed E-state index contributed by atoms with van der Waals surface area (Å²) in [6.45, 7) is 6.68. The number of nitrogens with zero attached hydrogens (tertiary/aromatic N) is 3. The van der Waals surface area contributed by atoms with E-state index in [1.165, 1.54) is 54.6 Å². The molecule has 0 amide bonds. The highest BCUT2D eigenvalue weighted by Gasteiger charge is 2.42. The molecule has 4 nitrogen and oxygen atoms in total. The Hall–Kier alpha value is -2.18. The van der Waals surface area contributed by atoms with Crippen LogP contribution in [0.15, 0.2) is 53.1 Å². The molecular weight excluding hydrogens is 492 g/mol. The number of anilines is 1. The van der Waals surface area contributed by atoms with Gasteiger partial charge in [-0.1, -0.05) is 41.3 Å². The molecule has 3 heterocycles. The molecule has 1 saturated carbocycles. The van der Waals surface area contributed by atoms with Crippen molar-refractivity contribution in [2.45, 2.75) is 71.0 Å². The minimum atomic E-state index is -0.0111. The molecule has 1 aliphatic heterocycles. The molecule has 1 aliphatic carbocycles. The molecule has 1 aromatic carbocycles. The standard InChI is InChI=1S/C27H31BrN4S/c1-17-15-21(12-13-23(17)28)32-26(25(30-27(32)33)24-11-7-8-14-29-24)22-16-18(2)31(19(22)3)20-9-5-4-6-10-20/h7-8,11-16,20,25-26H,4-6,9-10H2,1-3H3,(H,30,33)/t25-,26-/m1/s1. The van der Waals surface area contributed by atoms with Crippen molar-refractivity contribution in [3.63, 3.8) is 0 Å². The summed E-state index contributed by atoms with van der Waals surface area (Å²) in [6, 6.07) is 15.6. The van der Waals surface area contributed by atoms with Crippen molar-refractivity contribution in [2.24, 2.45) is 0 Å². The van der Waals surface area contributed by atoms with Crippen molar-refractivity contribution in [1.29, 1.82) is 0 Å². The normalized spacial score (nSPS) is 21.5. The van der Waals surface area contributed by atoms with E-state index in [2.05, 4.69) is 87.9 Å². The minimum absolute atomic E-state index is 0.0111. The zero-order chi connectivity index (χ0) is 23.1. The van der Waals surface area contributed by atoms with E-state index < -0.39 is 0 Å². The smallest absolute Gasteiger partial charge is 0.174 e. The second-order valence-corrected chi connectivity index (χ2v) is 10.7. The quantitative estimate of drug-likeness (QED) is 0.365. The average molecular weight is 524 g/mol. The van der Waals surface area contributed by atoms with Gasteiger partial charge in [0.15, 0.2) is 5.11 Å². The Morgan fingerprint density at radius 2 is 1.82 bits per heavy atom. The number of aryl methyl sites for hydroxylation is 2. The summed E-state index contributed by atoms with van der Waals surface area (Å²) in [6.07, 6.45) is 8.43. The van der Waals surface area contributed by atoms with E-state index >= 15 is 0 Å². The number of halogens is 1. The zero-order valence-corrected chi connectivity index (χ0v) is 21.9. The first kappa shape index (κ1) is 22.6. The third-order valence-corrected chi connectivity index (χ3v) is 8.50. The van der Waals surface area contributed by atoms with Gasteiger partial charge in [-0.05, 0) is 93.4 Å². The van der Waals surface area contributed by atoms with Crippen LogP contribution in [0.4, 0.5) is 5.69 Å². The highest BCUT2D eigenvalue weighted by atomic mass is 79.9. The van der Waals surface area contributed by atoms with Gasteiger partial charge in [-0.3, -0.25) is 4.98 Å². The maximum absolute atomic E-state index is 5.93. The van der Waals surface area contributed by atoms with E-state index in [4.69, 9.17) is 17.2 Å². The lowest BCUT2D eigenvalue weighted by atomic mass is 9.94. The van der Waals surface area contributed by atoms with Crippen LogP contribution >= 0.6 is 28.1 Å². The molecule has 6 heteroatoms. The number of hydrogen-bond donors (Lipinski definition) is 1. The van der Waals surface area contributed by atoms with Gasteiger partial charge in [0, 0.05) is 33.8 Å². The van der Waals surface area contributed by atoms with Crippen molar-refractivity contribution in [3.8, 4) is 0 Å². The highest BCUT2D eigenvalue weighted by molar-refractivity contribution is 9.10. The lowest BCUT2D eigenvalue weighted by molar-refractivity contribution is 0.345. The molecular formula is C27H31BrN4S. The topological polar surface area (TPSA) is 33.1 Å². The van der Waals surface area contributed by atoms with Gasteiger partial charge in [0.25, 0.3) is 0 Å². The predicted octanol–water partition coefficient (Wildman–Crippen LogP) is 7.25. The molecule has 172 valence electrons. The molecule has 1 saturated heterocycles. The molecule has 2 aromatic heterocycles. The van der Waals surface area contributed by atoms with Gasteiger partial charge < -0.3 is 14.8 Å². The van der Waals surface area contributed by atoms with Gasteiger partial charge in [-0.15, -0.1) is 0 Å². The highest BCUT2D eigenvalue weighted by Crippen LogP contribution is 2.45. The summed E-state index contributed by atoms with van der Waals surface area (Å²) >= 11 is 9.58. The van der Waals surface area contributed by atoms with Crippen LogP contribution in [0.1, 0.15) is 78.4 Å². The van der Waals surface area contributed by atoms with E-state index in [0.29, 0.717) is 6.04 Å². The number of rotatable bonds is 4. The van der Waals surface area contributed by atoms with Gasteiger partial charge in [0.1, 0.15) is 0 Å². The molecule has 0 bridgehead atoms. The molecule has 33 heavy (non-hydrogen) atoms. The second kappa shape index (κ2) is 9.22. The number of nitrogens with one attached hydrogen (secondary N) is 1. The van der Waals surface area contributed by atoms with Crippen LogP contribution in [0.3, 0.4) is 0 Å².